The van der Waals surface area contributed by atoms with Gasteiger partial charge in [-0.2, -0.15) is 0 Å². The lowest BCUT2D eigenvalue weighted by atomic mass is 9.83. The van der Waals surface area contributed by atoms with E-state index in [-0.39, 0.29) is 6.10 Å². The Kier molecular flexibility index (Phi) is 4.66. The van der Waals surface area contributed by atoms with Gasteiger partial charge in [-0.3, -0.25) is 0 Å². The van der Waals surface area contributed by atoms with Gasteiger partial charge in [0.1, 0.15) is 0 Å². The van der Waals surface area contributed by atoms with E-state index in [0.29, 0.717) is 12.0 Å². The molecule has 0 spiro atoms. The van der Waals surface area contributed by atoms with E-state index in [1.54, 1.807) is 0 Å². The van der Waals surface area contributed by atoms with Crippen LogP contribution >= 0.6 is 0 Å². The fraction of sp³-hybridized carbons (Fsp3) is 1.00. The molecule has 0 aromatic rings. The van der Waals surface area contributed by atoms with Crippen LogP contribution in [0, 0.1) is 11.8 Å². The first-order valence-corrected chi connectivity index (χ1v) is 7.21. The molecule has 0 amide bonds. The molecule has 94 valence electrons. The van der Waals surface area contributed by atoms with Crippen LogP contribution in [-0.4, -0.2) is 23.8 Å². The number of rotatable bonds is 6. The molecule has 2 aliphatic rings. The SMILES string of the molecule is CCCC1CCC(NCC(O)C2CC2)CC1. The molecule has 2 N–H and O–H groups in total. The fourth-order valence-corrected chi connectivity index (χ4v) is 3.00. The Hall–Kier alpha value is -0.0800. The Balaban J connectivity index is 1.57. The lowest BCUT2D eigenvalue weighted by Gasteiger charge is -2.29. The quantitative estimate of drug-likeness (QED) is 0.728. The third-order valence-electron chi connectivity index (χ3n) is 4.33. The fourth-order valence-electron chi connectivity index (χ4n) is 3.00. The largest absolute Gasteiger partial charge is 0.392 e. The van der Waals surface area contributed by atoms with Crippen molar-refractivity contribution in [1.29, 1.82) is 0 Å². The summed E-state index contributed by atoms with van der Waals surface area (Å²) in [6.07, 6.45) is 10.6. The molecular weight excluding hydrogens is 198 g/mol. The summed E-state index contributed by atoms with van der Waals surface area (Å²) in [6, 6.07) is 0.682. The minimum absolute atomic E-state index is 0.0756. The molecule has 0 heterocycles. The molecule has 2 saturated carbocycles. The van der Waals surface area contributed by atoms with Crippen molar-refractivity contribution in [2.45, 2.75) is 70.4 Å². The molecule has 2 nitrogen and oxygen atoms in total. The maximum absolute atomic E-state index is 9.79. The van der Waals surface area contributed by atoms with Crippen molar-refractivity contribution in [3.8, 4) is 0 Å². The van der Waals surface area contributed by atoms with E-state index in [9.17, 15) is 5.11 Å². The van der Waals surface area contributed by atoms with E-state index in [1.165, 1.54) is 51.4 Å². The summed E-state index contributed by atoms with van der Waals surface area (Å²) in [4.78, 5) is 0. The first-order valence-electron chi connectivity index (χ1n) is 7.21. The Morgan fingerprint density at radius 3 is 2.38 bits per heavy atom. The zero-order valence-electron chi connectivity index (χ0n) is 10.6. The van der Waals surface area contributed by atoms with Gasteiger partial charge in [0.05, 0.1) is 6.10 Å². The minimum Gasteiger partial charge on any atom is -0.392 e. The van der Waals surface area contributed by atoms with E-state index >= 15 is 0 Å². The summed E-state index contributed by atoms with van der Waals surface area (Å²) in [6.45, 7) is 3.12. The van der Waals surface area contributed by atoms with Crippen molar-refractivity contribution in [1.82, 2.24) is 5.32 Å². The minimum atomic E-state index is -0.0756. The van der Waals surface area contributed by atoms with Gasteiger partial charge in [-0.05, 0) is 50.4 Å². The second kappa shape index (κ2) is 6.02. The van der Waals surface area contributed by atoms with Crippen LogP contribution in [0.25, 0.3) is 0 Å². The Bertz CT molecular complexity index is 195. The first-order chi connectivity index (χ1) is 7.79. The van der Waals surface area contributed by atoms with Crippen molar-refractivity contribution in [3.05, 3.63) is 0 Å². The normalized spacial score (nSPS) is 32.6. The van der Waals surface area contributed by atoms with Crippen LogP contribution in [0.15, 0.2) is 0 Å². The first kappa shape index (κ1) is 12.4. The monoisotopic (exact) mass is 225 g/mol. The lowest BCUT2D eigenvalue weighted by Crippen LogP contribution is -2.38. The predicted molar refractivity (Wildman–Crippen MR) is 67.4 cm³/mol. The molecule has 0 radical (unpaired) electrons. The van der Waals surface area contributed by atoms with Crippen LogP contribution < -0.4 is 5.32 Å². The molecule has 0 aromatic carbocycles. The van der Waals surface area contributed by atoms with Crippen molar-refractivity contribution in [2.75, 3.05) is 6.54 Å². The van der Waals surface area contributed by atoms with E-state index in [0.717, 1.165) is 12.5 Å². The van der Waals surface area contributed by atoms with Gasteiger partial charge in [-0.25, -0.2) is 0 Å². The number of hydrogen-bond acceptors (Lipinski definition) is 2. The Morgan fingerprint density at radius 1 is 1.12 bits per heavy atom. The molecule has 2 heteroatoms. The highest BCUT2D eigenvalue weighted by Crippen LogP contribution is 2.32. The van der Waals surface area contributed by atoms with Gasteiger partial charge in [0.25, 0.3) is 0 Å². The summed E-state index contributed by atoms with van der Waals surface area (Å²) in [5, 5.41) is 13.3. The number of nitrogens with one attached hydrogen (secondary N) is 1. The zero-order chi connectivity index (χ0) is 11.4. The number of hydrogen-bond donors (Lipinski definition) is 2. The zero-order valence-corrected chi connectivity index (χ0v) is 10.6. The average molecular weight is 225 g/mol. The standard InChI is InChI=1S/C14H27NO/c1-2-3-11-4-8-13(9-5-11)15-10-14(16)12-6-7-12/h11-16H,2-10H2,1H3. The maximum Gasteiger partial charge on any atom is 0.0692 e. The second-order valence-electron chi connectivity index (χ2n) is 5.82. The lowest BCUT2D eigenvalue weighted by molar-refractivity contribution is 0.139. The van der Waals surface area contributed by atoms with Crippen LogP contribution in [0.5, 0.6) is 0 Å². The van der Waals surface area contributed by atoms with E-state index < -0.39 is 0 Å². The van der Waals surface area contributed by atoms with E-state index in [4.69, 9.17) is 0 Å². The van der Waals surface area contributed by atoms with E-state index in [2.05, 4.69) is 12.2 Å². The molecule has 2 rings (SSSR count). The summed E-state index contributed by atoms with van der Waals surface area (Å²) >= 11 is 0. The molecule has 0 saturated heterocycles. The smallest absolute Gasteiger partial charge is 0.0692 e. The summed E-state index contributed by atoms with van der Waals surface area (Å²) in [5.74, 6) is 1.60. The Labute approximate surface area is 99.8 Å². The van der Waals surface area contributed by atoms with Crippen LogP contribution in [0.4, 0.5) is 0 Å². The summed E-state index contributed by atoms with van der Waals surface area (Å²) in [7, 11) is 0. The second-order valence-corrected chi connectivity index (χ2v) is 5.82. The van der Waals surface area contributed by atoms with Gasteiger partial charge in [-0.15, -0.1) is 0 Å². The molecule has 2 aliphatic carbocycles. The van der Waals surface area contributed by atoms with Gasteiger partial charge in [-0.1, -0.05) is 19.8 Å². The van der Waals surface area contributed by atoms with Crippen LogP contribution in [-0.2, 0) is 0 Å². The Morgan fingerprint density at radius 2 is 1.81 bits per heavy atom. The summed E-state index contributed by atoms with van der Waals surface area (Å²) < 4.78 is 0. The third-order valence-corrected chi connectivity index (χ3v) is 4.33. The van der Waals surface area contributed by atoms with Crippen LogP contribution in [0.1, 0.15) is 58.3 Å². The van der Waals surface area contributed by atoms with Crippen molar-refractivity contribution in [3.63, 3.8) is 0 Å². The number of aliphatic hydroxyl groups excluding tert-OH is 1. The highest BCUT2D eigenvalue weighted by Gasteiger charge is 2.30. The topological polar surface area (TPSA) is 32.3 Å². The third kappa shape index (κ3) is 3.74. The van der Waals surface area contributed by atoms with Gasteiger partial charge in [0.15, 0.2) is 0 Å². The average Bonchev–Trinajstić information content (AvgIpc) is 3.12. The van der Waals surface area contributed by atoms with Gasteiger partial charge in [0.2, 0.25) is 0 Å². The molecule has 16 heavy (non-hydrogen) atoms. The van der Waals surface area contributed by atoms with Crippen molar-refractivity contribution >= 4 is 0 Å². The van der Waals surface area contributed by atoms with E-state index in [1.807, 2.05) is 0 Å². The van der Waals surface area contributed by atoms with Crippen LogP contribution in [0.3, 0.4) is 0 Å². The highest BCUT2D eigenvalue weighted by molar-refractivity contribution is 4.84. The molecule has 1 atom stereocenters. The molecular formula is C14H27NO. The van der Waals surface area contributed by atoms with Crippen molar-refractivity contribution in [2.24, 2.45) is 11.8 Å². The number of aliphatic hydroxyl groups is 1. The summed E-state index contributed by atoms with van der Waals surface area (Å²) in [5.41, 5.74) is 0. The van der Waals surface area contributed by atoms with Crippen molar-refractivity contribution < 1.29 is 5.11 Å². The van der Waals surface area contributed by atoms with Gasteiger partial charge < -0.3 is 10.4 Å². The molecule has 2 fully saturated rings. The molecule has 1 unspecified atom stereocenters. The predicted octanol–water partition coefficient (Wildman–Crippen LogP) is 2.71. The van der Waals surface area contributed by atoms with Gasteiger partial charge >= 0.3 is 0 Å². The molecule has 0 bridgehead atoms. The maximum atomic E-state index is 9.79. The highest BCUT2D eigenvalue weighted by atomic mass is 16.3. The van der Waals surface area contributed by atoms with Crippen LogP contribution in [0.2, 0.25) is 0 Å². The van der Waals surface area contributed by atoms with Gasteiger partial charge in [0, 0.05) is 12.6 Å². The molecule has 0 aromatic heterocycles. The molecule has 0 aliphatic heterocycles.